The third-order valence-electron chi connectivity index (χ3n) is 0.559. The predicted molar refractivity (Wildman–Crippen MR) is 25.9 cm³/mol. The number of ketones is 1. The monoisotopic (exact) mass is 122 g/mol. The summed E-state index contributed by atoms with van der Waals surface area (Å²) in [4.78, 5) is 9.98. The number of rotatable bonds is 2. The Balaban J connectivity index is 3.55. The van der Waals surface area contributed by atoms with Crippen molar-refractivity contribution in [1.82, 2.24) is 0 Å². The van der Waals surface area contributed by atoms with Gasteiger partial charge in [0.25, 0.3) is 5.92 Å². The van der Waals surface area contributed by atoms with Gasteiger partial charge in [0.2, 0.25) is 0 Å². The molecule has 0 amide bonds. The number of halogens is 2. The van der Waals surface area contributed by atoms with Gasteiger partial charge in [-0.2, -0.15) is 0 Å². The highest BCUT2D eigenvalue weighted by molar-refractivity contribution is 5.76. The normalized spacial score (nSPS) is 11.5. The number of alkyl halides is 2. The quantitative estimate of drug-likeness (QED) is 0.544. The maximum Gasteiger partial charge on any atom is 0.252 e. The van der Waals surface area contributed by atoms with Crippen LogP contribution in [0.3, 0.4) is 0 Å². The first kappa shape index (κ1) is 7.53. The van der Waals surface area contributed by atoms with Gasteiger partial charge >= 0.3 is 0 Å². The van der Waals surface area contributed by atoms with E-state index in [1.807, 2.05) is 0 Å². The molecule has 8 heavy (non-hydrogen) atoms. The Morgan fingerprint density at radius 1 is 1.62 bits per heavy atom. The molecule has 0 heterocycles. The number of hydrogen-bond acceptors (Lipinski definition) is 1. The Morgan fingerprint density at radius 2 is 2.00 bits per heavy atom. The van der Waals surface area contributed by atoms with Gasteiger partial charge in [-0.05, 0) is 13.8 Å². The van der Waals surface area contributed by atoms with Gasteiger partial charge in [-0.15, -0.1) is 0 Å². The molecule has 0 aliphatic carbocycles. The summed E-state index contributed by atoms with van der Waals surface area (Å²) in [5, 5.41) is 0. The van der Waals surface area contributed by atoms with E-state index >= 15 is 0 Å². The maximum absolute atomic E-state index is 11.8. The fraction of sp³-hybridized carbons (Fsp3) is 0.800. The predicted octanol–water partition coefficient (Wildman–Crippen LogP) is 1.62. The van der Waals surface area contributed by atoms with Crippen LogP contribution in [0.1, 0.15) is 20.3 Å². The van der Waals surface area contributed by atoms with E-state index in [0.717, 1.165) is 13.8 Å². The molecule has 0 spiro atoms. The molecule has 0 saturated heterocycles. The third kappa shape index (κ3) is 5.53. The lowest BCUT2D eigenvalue weighted by Crippen LogP contribution is -2.13. The molecule has 0 aliphatic heterocycles. The second-order valence-corrected chi connectivity index (χ2v) is 1.95. The average molecular weight is 122 g/mol. The molecule has 48 valence electrons. The zero-order chi connectivity index (χ0) is 6.78. The minimum atomic E-state index is -2.83. The zero-order valence-electron chi connectivity index (χ0n) is 4.87. The van der Waals surface area contributed by atoms with E-state index in [1.54, 1.807) is 0 Å². The van der Waals surface area contributed by atoms with Crippen molar-refractivity contribution in [2.24, 2.45) is 0 Å². The van der Waals surface area contributed by atoms with E-state index in [0.29, 0.717) is 0 Å². The van der Waals surface area contributed by atoms with Crippen LogP contribution in [0.2, 0.25) is 0 Å². The van der Waals surface area contributed by atoms with Crippen molar-refractivity contribution < 1.29 is 13.6 Å². The molecule has 0 aliphatic rings. The van der Waals surface area contributed by atoms with Crippen molar-refractivity contribution in [2.75, 3.05) is 0 Å². The minimum Gasteiger partial charge on any atom is -0.300 e. The highest BCUT2D eigenvalue weighted by atomic mass is 19.3. The third-order valence-corrected chi connectivity index (χ3v) is 0.559. The van der Waals surface area contributed by atoms with E-state index < -0.39 is 18.1 Å². The zero-order valence-corrected chi connectivity index (χ0v) is 4.87. The molecule has 0 aromatic carbocycles. The maximum atomic E-state index is 11.8. The summed E-state index contributed by atoms with van der Waals surface area (Å²) in [6.45, 7) is 1.88. The smallest absolute Gasteiger partial charge is 0.252 e. The average Bonchev–Trinajstić information content (AvgIpc) is 1.21. The van der Waals surface area contributed by atoms with Crippen molar-refractivity contribution >= 4 is 5.78 Å². The lowest BCUT2D eigenvalue weighted by Gasteiger charge is -2.04. The standard InChI is InChI=1S/C5H8F2O/c1-4(8)3-5(2,6)7/h3H2,1-2H3. The number of carbonyl (C=O) groups is 1. The van der Waals surface area contributed by atoms with Gasteiger partial charge in [0.15, 0.2) is 0 Å². The first-order valence-corrected chi connectivity index (χ1v) is 2.29. The second-order valence-electron chi connectivity index (χ2n) is 1.95. The molecule has 1 nitrogen and oxygen atoms in total. The van der Waals surface area contributed by atoms with Crippen molar-refractivity contribution in [1.29, 1.82) is 0 Å². The Morgan fingerprint density at radius 3 is 2.00 bits per heavy atom. The fourth-order valence-corrected chi connectivity index (χ4v) is 0.437. The van der Waals surface area contributed by atoms with Crippen molar-refractivity contribution in [3.05, 3.63) is 0 Å². The molecular formula is C5H8F2O. The van der Waals surface area contributed by atoms with Gasteiger partial charge in [-0.3, -0.25) is 4.79 Å². The summed E-state index contributed by atoms with van der Waals surface area (Å²) in [6, 6.07) is 0. The Bertz CT molecular complexity index is 93.1. The highest BCUT2D eigenvalue weighted by Gasteiger charge is 2.22. The summed E-state index contributed by atoms with van der Waals surface area (Å²) in [7, 11) is 0. The van der Waals surface area contributed by atoms with E-state index in [2.05, 4.69) is 0 Å². The lowest BCUT2D eigenvalue weighted by molar-refractivity contribution is -0.123. The Hall–Kier alpha value is -0.470. The second kappa shape index (κ2) is 2.20. The van der Waals surface area contributed by atoms with Crippen molar-refractivity contribution in [3.63, 3.8) is 0 Å². The molecule has 0 fully saturated rings. The van der Waals surface area contributed by atoms with Crippen molar-refractivity contribution in [2.45, 2.75) is 26.2 Å². The van der Waals surface area contributed by atoms with Crippen LogP contribution in [0, 0.1) is 0 Å². The van der Waals surface area contributed by atoms with Crippen LogP contribution >= 0.6 is 0 Å². The van der Waals surface area contributed by atoms with Crippen LogP contribution < -0.4 is 0 Å². The number of Topliss-reactive ketones (excluding diaryl/α,β-unsaturated/α-hetero) is 1. The molecule has 0 aromatic heterocycles. The first-order valence-electron chi connectivity index (χ1n) is 2.29. The molecule has 3 heteroatoms. The largest absolute Gasteiger partial charge is 0.300 e. The van der Waals surface area contributed by atoms with Gasteiger partial charge in [0, 0.05) is 0 Å². The molecule has 0 atom stereocenters. The molecule has 0 aromatic rings. The summed E-state index contributed by atoms with van der Waals surface area (Å²) in [5.74, 6) is -3.30. The van der Waals surface area contributed by atoms with Gasteiger partial charge < -0.3 is 0 Å². The van der Waals surface area contributed by atoms with Crippen LogP contribution in [-0.2, 0) is 4.79 Å². The molecular weight excluding hydrogens is 114 g/mol. The summed E-state index contributed by atoms with van der Waals surface area (Å²) < 4.78 is 23.5. The summed E-state index contributed by atoms with van der Waals surface area (Å²) in [6.07, 6.45) is -0.646. The van der Waals surface area contributed by atoms with Crippen molar-refractivity contribution in [3.8, 4) is 0 Å². The molecule has 0 bridgehead atoms. The van der Waals surface area contributed by atoms with Gasteiger partial charge in [-0.25, -0.2) is 8.78 Å². The van der Waals surface area contributed by atoms with Gasteiger partial charge in [0.1, 0.15) is 5.78 Å². The van der Waals surface area contributed by atoms with Crippen LogP contribution in [0.15, 0.2) is 0 Å². The van der Waals surface area contributed by atoms with Gasteiger partial charge in [0.05, 0.1) is 6.42 Å². The van der Waals surface area contributed by atoms with E-state index in [-0.39, 0.29) is 0 Å². The lowest BCUT2D eigenvalue weighted by atomic mass is 10.2. The van der Waals surface area contributed by atoms with Crippen LogP contribution in [-0.4, -0.2) is 11.7 Å². The molecule has 0 unspecified atom stereocenters. The molecule has 0 radical (unpaired) electrons. The molecule has 0 saturated carbocycles. The minimum absolute atomic E-state index is 0.475. The summed E-state index contributed by atoms with van der Waals surface area (Å²) >= 11 is 0. The van der Waals surface area contributed by atoms with Crippen LogP contribution in [0.25, 0.3) is 0 Å². The SMILES string of the molecule is CC(=O)CC(C)(F)F. The Kier molecular flexibility index (Phi) is 2.07. The van der Waals surface area contributed by atoms with E-state index in [9.17, 15) is 13.6 Å². The molecule has 0 rings (SSSR count). The highest BCUT2D eigenvalue weighted by Crippen LogP contribution is 2.15. The van der Waals surface area contributed by atoms with Gasteiger partial charge in [-0.1, -0.05) is 0 Å². The number of carbonyl (C=O) groups excluding carboxylic acids is 1. The summed E-state index contributed by atoms with van der Waals surface area (Å²) in [5.41, 5.74) is 0. The fourth-order valence-electron chi connectivity index (χ4n) is 0.437. The van der Waals surface area contributed by atoms with Crippen LogP contribution in [0.4, 0.5) is 8.78 Å². The van der Waals surface area contributed by atoms with E-state index in [1.165, 1.54) is 0 Å². The number of hydrogen-bond donors (Lipinski definition) is 0. The first-order chi connectivity index (χ1) is 3.42. The Labute approximate surface area is 46.7 Å². The van der Waals surface area contributed by atoms with E-state index in [4.69, 9.17) is 0 Å². The van der Waals surface area contributed by atoms with Crippen LogP contribution in [0.5, 0.6) is 0 Å². The molecule has 0 N–H and O–H groups in total. The topological polar surface area (TPSA) is 17.1 Å².